The van der Waals surface area contributed by atoms with Crippen LogP contribution in [0, 0.1) is 11.8 Å². The minimum Gasteiger partial charge on any atom is -0.487 e. The topological polar surface area (TPSA) is 212 Å². The van der Waals surface area contributed by atoms with Crippen LogP contribution >= 0.6 is 0 Å². The van der Waals surface area contributed by atoms with Crippen molar-refractivity contribution in [2.45, 2.75) is 77.5 Å². The first-order chi connectivity index (χ1) is 29.9. The number of fused-ring (bicyclic) bond motifs is 1. The van der Waals surface area contributed by atoms with E-state index < -0.39 is 24.3 Å². The molecule has 62 heavy (non-hydrogen) atoms. The van der Waals surface area contributed by atoms with E-state index in [-0.39, 0.29) is 48.9 Å². The summed E-state index contributed by atoms with van der Waals surface area (Å²) in [6.07, 6.45) is 3.40. The summed E-state index contributed by atoms with van der Waals surface area (Å²) in [4.78, 5) is 72.1. The van der Waals surface area contributed by atoms with E-state index in [2.05, 4.69) is 20.6 Å². The third-order valence-electron chi connectivity index (χ3n) is 11.4. The maximum absolute atomic E-state index is 13.8. The average molecular weight is 861 g/mol. The molecule has 4 heterocycles. The molecule has 0 bridgehead atoms. The molecule has 0 aliphatic carbocycles. The molecule has 0 saturated carbocycles. The van der Waals surface area contributed by atoms with Crippen LogP contribution in [0.2, 0.25) is 0 Å². The predicted molar refractivity (Wildman–Crippen MR) is 230 cm³/mol. The van der Waals surface area contributed by atoms with Crippen LogP contribution in [0.5, 0.6) is 11.5 Å². The number of ether oxygens (including phenoxy) is 6. The number of aromatic nitrogens is 4. The normalized spacial score (nSPS) is 17.4. The highest BCUT2D eigenvalue weighted by molar-refractivity contribution is 5.89. The number of benzene rings is 2. The number of carbonyl (C=O) groups is 4. The van der Waals surface area contributed by atoms with Gasteiger partial charge in [-0.15, -0.1) is 0 Å². The molecule has 2 saturated heterocycles. The Morgan fingerprint density at radius 2 is 1.24 bits per heavy atom. The lowest BCUT2D eigenvalue weighted by Gasteiger charge is -2.30. The van der Waals surface area contributed by atoms with Crippen molar-refractivity contribution < 1.29 is 47.6 Å². The third-order valence-corrected chi connectivity index (χ3v) is 11.4. The number of alkyl carbamates (subject to hydrolysis) is 2. The van der Waals surface area contributed by atoms with Crippen LogP contribution in [0.3, 0.4) is 0 Å². The average Bonchev–Trinajstić information content (AvgIpc) is 4.10. The number of aromatic amines is 2. The molecule has 2 fully saturated rings. The summed E-state index contributed by atoms with van der Waals surface area (Å²) in [7, 11) is 5.76. The molecule has 0 unspecified atom stereocenters. The Kier molecular flexibility index (Phi) is 15.3. The highest BCUT2D eigenvalue weighted by atomic mass is 16.6. The number of carbonyl (C=O) groups excluding carboxylic acids is 4. The van der Waals surface area contributed by atoms with Gasteiger partial charge in [0.25, 0.3) is 0 Å². The molecule has 2 aromatic carbocycles. The van der Waals surface area contributed by atoms with Gasteiger partial charge in [0.05, 0.1) is 62.4 Å². The quantitative estimate of drug-likeness (QED) is 0.0881. The number of hydrogen-bond donors (Lipinski definition) is 4. The monoisotopic (exact) mass is 860 g/mol. The number of hydrogen-bond acceptors (Lipinski definition) is 12. The van der Waals surface area contributed by atoms with Gasteiger partial charge in [0.2, 0.25) is 11.8 Å². The van der Waals surface area contributed by atoms with Gasteiger partial charge >= 0.3 is 12.2 Å². The lowest BCUT2D eigenvalue weighted by atomic mass is 9.99. The van der Waals surface area contributed by atoms with Crippen molar-refractivity contribution in [2.24, 2.45) is 11.8 Å². The molecule has 4 N–H and O–H groups in total. The SMILES string of the molecule is COCCOc1c(-c2ccc3nc([C@@H]4CCCN4C(=O)[C@@H](NC(=O)OC)C(C)C)[nH]c3c2)ccc(-c2cnc([C@@H]3CCCN3C(=O)[C@H](NC(=O)OC)C(C)C)[nH]2)c1OCCOC. The number of imidazole rings is 2. The first-order valence-electron chi connectivity index (χ1n) is 21.2. The fourth-order valence-electron chi connectivity index (χ4n) is 8.13. The van der Waals surface area contributed by atoms with E-state index in [1.54, 1.807) is 30.2 Å². The van der Waals surface area contributed by atoms with Crippen molar-refractivity contribution in [3.63, 3.8) is 0 Å². The summed E-state index contributed by atoms with van der Waals surface area (Å²) in [5, 5.41) is 5.40. The number of likely N-dealkylation sites (tertiary alicyclic amines) is 2. The Morgan fingerprint density at radius 1 is 0.710 bits per heavy atom. The van der Waals surface area contributed by atoms with E-state index in [0.29, 0.717) is 67.1 Å². The number of H-pyrrole nitrogens is 2. The van der Waals surface area contributed by atoms with Crippen LogP contribution in [0.1, 0.15) is 77.1 Å². The van der Waals surface area contributed by atoms with E-state index in [9.17, 15) is 19.2 Å². The van der Waals surface area contributed by atoms with Crippen LogP contribution in [0.4, 0.5) is 9.59 Å². The number of amides is 4. The van der Waals surface area contributed by atoms with Gasteiger partial charge in [0, 0.05) is 38.4 Å². The van der Waals surface area contributed by atoms with Crippen molar-refractivity contribution in [2.75, 3.05) is 68.0 Å². The van der Waals surface area contributed by atoms with Gasteiger partial charge < -0.3 is 58.8 Å². The second-order valence-electron chi connectivity index (χ2n) is 16.1. The van der Waals surface area contributed by atoms with Gasteiger partial charge in [-0.2, -0.15) is 0 Å². The first-order valence-corrected chi connectivity index (χ1v) is 21.2. The molecule has 4 amide bonds. The van der Waals surface area contributed by atoms with Crippen LogP contribution in [-0.2, 0) is 28.5 Å². The van der Waals surface area contributed by atoms with E-state index in [1.165, 1.54) is 14.2 Å². The summed E-state index contributed by atoms with van der Waals surface area (Å²) in [5.41, 5.74) is 4.44. The van der Waals surface area contributed by atoms with E-state index in [0.717, 1.165) is 41.4 Å². The standard InChI is InChI=1S/C44H60N8O10/c1-25(2)35(49-43(55)59-7)41(53)51-17-9-11-33(51)39-45-24-32(48-39)29-15-14-28(37(61-21-19-57-5)38(29)62-22-20-58-6)27-13-16-30-31(23-27)47-40(46-30)34-12-10-18-52(34)42(54)36(26(3)4)50-44(56)60-8/h13-16,23-26,33-36H,9-12,17-22H2,1-8H3,(H,45,48)(H,46,47)(H,49,55)(H,50,56)/t33-,34-,35+,36-/m0/s1. The predicted octanol–water partition coefficient (Wildman–Crippen LogP) is 5.76. The van der Waals surface area contributed by atoms with Gasteiger partial charge in [-0.05, 0) is 67.3 Å². The number of nitrogens with one attached hydrogen (secondary N) is 4. The minimum absolute atomic E-state index is 0.152. The molecular weight excluding hydrogens is 801 g/mol. The zero-order valence-corrected chi connectivity index (χ0v) is 36.9. The zero-order chi connectivity index (χ0) is 44.5. The van der Waals surface area contributed by atoms with E-state index in [1.807, 2.05) is 58.0 Å². The second kappa shape index (κ2) is 20.8. The molecule has 2 aromatic heterocycles. The Balaban J connectivity index is 1.34. The molecule has 2 aliphatic heterocycles. The second-order valence-corrected chi connectivity index (χ2v) is 16.1. The molecule has 0 spiro atoms. The van der Waals surface area contributed by atoms with Gasteiger partial charge in [-0.25, -0.2) is 19.6 Å². The summed E-state index contributed by atoms with van der Waals surface area (Å²) < 4.78 is 33.3. The molecule has 4 atom stereocenters. The summed E-state index contributed by atoms with van der Waals surface area (Å²) >= 11 is 0. The Bertz CT molecular complexity index is 2190. The van der Waals surface area contributed by atoms with E-state index in [4.69, 9.17) is 38.4 Å². The summed E-state index contributed by atoms with van der Waals surface area (Å²) in [6.45, 7) is 9.72. The molecule has 2 aliphatic rings. The van der Waals surface area contributed by atoms with Crippen LogP contribution < -0.4 is 20.1 Å². The molecular formula is C44H60N8O10. The Hall–Kier alpha value is -5.88. The molecule has 18 nitrogen and oxygen atoms in total. The van der Waals surface area contributed by atoms with Crippen LogP contribution in [0.25, 0.3) is 33.4 Å². The molecule has 6 rings (SSSR count). The van der Waals surface area contributed by atoms with Crippen LogP contribution in [-0.4, -0.2) is 134 Å². The van der Waals surface area contributed by atoms with Gasteiger partial charge in [-0.1, -0.05) is 33.8 Å². The number of methoxy groups -OCH3 is 4. The molecule has 0 radical (unpaired) electrons. The first kappa shape index (κ1) is 45.6. The maximum Gasteiger partial charge on any atom is 0.407 e. The van der Waals surface area contributed by atoms with Crippen molar-refractivity contribution in [1.82, 2.24) is 40.4 Å². The van der Waals surface area contributed by atoms with Crippen molar-refractivity contribution in [3.05, 3.63) is 48.2 Å². The van der Waals surface area contributed by atoms with Gasteiger partial charge in [0.15, 0.2) is 11.5 Å². The van der Waals surface area contributed by atoms with Crippen molar-refractivity contribution in [1.29, 1.82) is 0 Å². The fourth-order valence-corrected chi connectivity index (χ4v) is 8.13. The Morgan fingerprint density at radius 3 is 1.77 bits per heavy atom. The van der Waals surface area contributed by atoms with Crippen LogP contribution in [0.15, 0.2) is 36.5 Å². The van der Waals surface area contributed by atoms with Gasteiger partial charge in [-0.3, -0.25) is 9.59 Å². The molecule has 336 valence electrons. The maximum atomic E-state index is 13.8. The van der Waals surface area contributed by atoms with Crippen molar-refractivity contribution >= 4 is 35.0 Å². The highest BCUT2D eigenvalue weighted by Crippen LogP contribution is 2.46. The van der Waals surface area contributed by atoms with Crippen molar-refractivity contribution in [3.8, 4) is 33.9 Å². The molecule has 18 heteroatoms. The zero-order valence-electron chi connectivity index (χ0n) is 36.9. The Labute approximate surface area is 361 Å². The van der Waals surface area contributed by atoms with Gasteiger partial charge in [0.1, 0.15) is 36.9 Å². The number of rotatable bonds is 18. The fraction of sp³-hybridized carbons (Fsp3) is 0.545. The number of nitrogens with zero attached hydrogens (tertiary/aromatic N) is 4. The van der Waals surface area contributed by atoms with E-state index >= 15 is 0 Å². The highest BCUT2D eigenvalue weighted by Gasteiger charge is 2.39. The largest absolute Gasteiger partial charge is 0.487 e. The summed E-state index contributed by atoms with van der Waals surface area (Å²) in [5.74, 6) is 1.54. The lowest BCUT2D eigenvalue weighted by Crippen LogP contribution is -2.51. The molecule has 4 aromatic rings. The third kappa shape index (κ3) is 10.1. The lowest BCUT2D eigenvalue weighted by molar-refractivity contribution is -0.136. The minimum atomic E-state index is -0.758. The summed E-state index contributed by atoms with van der Waals surface area (Å²) in [6, 6.07) is 7.68. The smallest absolute Gasteiger partial charge is 0.407 e.